The number of hydrogen-bond donors (Lipinski definition) is 1. The Morgan fingerprint density at radius 2 is 1.91 bits per heavy atom. The summed E-state index contributed by atoms with van der Waals surface area (Å²) in [6, 6.07) is 11.0. The Morgan fingerprint density at radius 3 is 2.70 bits per heavy atom. The molecular formula is C16H14N2O5. The first-order valence-corrected chi connectivity index (χ1v) is 7.04. The molecule has 2 aromatic carbocycles. The molecule has 7 nitrogen and oxygen atoms in total. The molecule has 0 unspecified atom stereocenters. The summed E-state index contributed by atoms with van der Waals surface area (Å²) in [5.41, 5.74) is 0.985. The van der Waals surface area contributed by atoms with Crippen LogP contribution in [0.15, 0.2) is 42.5 Å². The van der Waals surface area contributed by atoms with Gasteiger partial charge >= 0.3 is 0 Å². The van der Waals surface area contributed by atoms with Gasteiger partial charge in [0.25, 0.3) is 5.69 Å². The van der Waals surface area contributed by atoms with Crippen LogP contribution in [0.1, 0.15) is 10.4 Å². The molecule has 1 aliphatic heterocycles. The molecule has 7 heteroatoms. The molecule has 1 aliphatic rings. The van der Waals surface area contributed by atoms with E-state index in [4.69, 9.17) is 9.47 Å². The summed E-state index contributed by atoms with van der Waals surface area (Å²) in [6.07, 6.45) is 0. The number of nitro benzene ring substituents is 1. The van der Waals surface area contributed by atoms with Crippen LogP contribution in [0.25, 0.3) is 0 Å². The maximum absolute atomic E-state index is 12.2. The van der Waals surface area contributed by atoms with Crippen LogP contribution in [-0.4, -0.2) is 30.5 Å². The number of rotatable bonds is 5. The normalized spacial score (nSPS) is 12.5. The number of ketones is 1. The van der Waals surface area contributed by atoms with Gasteiger partial charge in [-0.2, -0.15) is 0 Å². The highest BCUT2D eigenvalue weighted by Crippen LogP contribution is 2.30. The predicted molar refractivity (Wildman–Crippen MR) is 83.3 cm³/mol. The van der Waals surface area contributed by atoms with Gasteiger partial charge in [-0.1, -0.05) is 6.07 Å². The Morgan fingerprint density at radius 1 is 1.13 bits per heavy atom. The summed E-state index contributed by atoms with van der Waals surface area (Å²) in [4.78, 5) is 22.5. The van der Waals surface area contributed by atoms with Crippen LogP contribution in [-0.2, 0) is 0 Å². The van der Waals surface area contributed by atoms with Crippen molar-refractivity contribution in [1.82, 2.24) is 0 Å². The van der Waals surface area contributed by atoms with E-state index < -0.39 is 4.92 Å². The topological polar surface area (TPSA) is 90.7 Å². The maximum Gasteiger partial charge on any atom is 0.271 e. The molecular weight excluding hydrogens is 300 g/mol. The Balaban J connectivity index is 1.67. The molecule has 0 bridgehead atoms. The number of ether oxygens (including phenoxy) is 2. The minimum Gasteiger partial charge on any atom is -0.486 e. The van der Waals surface area contributed by atoms with Gasteiger partial charge in [-0.3, -0.25) is 14.9 Å². The summed E-state index contributed by atoms with van der Waals surface area (Å²) in [5.74, 6) is 1.03. The molecule has 0 aliphatic carbocycles. The van der Waals surface area contributed by atoms with E-state index in [1.165, 1.54) is 12.1 Å². The summed E-state index contributed by atoms with van der Waals surface area (Å²) in [6.45, 7) is 0.978. The third kappa shape index (κ3) is 3.39. The first-order valence-electron chi connectivity index (χ1n) is 7.04. The highest BCUT2D eigenvalue weighted by Gasteiger charge is 2.15. The molecule has 0 aromatic heterocycles. The number of hydrogen-bond acceptors (Lipinski definition) is 6. The number of benzene rings is 2. The Bertz CT molecular complexity index is 760. The lowest BCUT2D eigenvalue weighted by Gasteiger charge is -2.18. The second-order valence-corrected chi connectivity index (χ2v) is 4.94. The highest BCUT2D eigenvalue weighted by molar-refractivity contribution is 5.99. The minimum atomic E-state index is -0.478. The van der Waals surface area contributed by atoms with E-state index >= 15 is 0 Å². The molecule has 1 heterocycles. The lowest BCUT2D eigenvalue weighted by Crippen LogP contribution is -2.17. The fraction of sp³-hybridized carbons (Fsp3) is 0.188. The number of carbonyl (C=O) groups is 1. The van der Waals surface area contributed by atoms with Gasteiger partial charge < -0.3 is 14.8 Å². The van der Waals surface area contributed by atoms with Crippen LogP contribution in [0.2, 0.25) is 0 Å². The standard InChI is InChI=1S/C16H14N2O5/c19-14(10-17-12-2-1-3-13(9-12)18(20)21)11-4-5-15-16(8-11)23-7-6-22-15/h1-5,8-9,17H,6-7,10H2. The molecule has 23 heavy (non-hydrogen) atoms. The summed E-state index contributed by atoms with van der Waals surface area (Å²) in [5, 5.41) is 13.6. The van der Waals surface area contributed by atoms with Gasteiger partial charge in [0, 0.05) is 23.4 Å². The quantitative estimate of drug-likeness (QED) is 0.518. The molecule has 0 atom stereocenters. The van der Waals surface area contributed by atoms with Crippen molar-refractivity contribution in [3.8, 4) is 11.5 Å². The molecule has 0 saturated carbocycles. The fourth-order valence-corrected chi connectivity index (χ4v) is 2.23. The van der Waals surface area contributed by atoms with E-state index in [0.29, 0.717) is 36.0 Å². The third-order valence-electron chi connectivity index (χ3n) is 3.37. The van der Waals surface area contributed by atoms with Gasteiger partial charge in [0.15, 0.2) is 17.3 Å². The molecule has 0 amide bonds. The average molecular weight is 314 g/mol. The van der Waals surface area contributed by atoms with Crippen LogP contribution in [0.5, 0.6) is 11.5 Å². The number of Topliss-reactive ketones (excluding diaryl/α,β-unsaturated/α-hetero) is 1. The monoisotopic (exact) mass is 314 g/mol. The average Bonchev–Trinajstić information content (AvgIpc) is 2.59. The van der Waals surface area contributed by atoms with Crippen LogP contribution >= 0.6 is 0 Å². The van der Waals surface area contributed by atoms with Crippen molar-refractivity contribution in [2.24, 2.45) is 0 Å². The van der Waals surface area contributed by atoms with Gasteiger partial charge in [0.1, 0.15) is 13.2 Å². The second-order valence-electron chi connectivity index (χ2n) is 4.94. The van der Waals surface area contributed by atoms with Gasteiger partial charge in [-0.15, -0.1) is 0 Å². The van der Waals surface area contributed by atoms with Crippen molar-refractivity contribution in [3.05, 3.63) is 58.1 Å². The maximum atomic E-state index is 12.2. The van der Waals surface area contributed by atoms with E-state index in [0.717, 1.165) is 0 Å². The van der Waals surface area contributed by atoms with Gasteiger partial charge in [-0.25, -0.2) is 0 Å². The molecule has 2 aromatic rings. The number of non-ortho nitro benzene ring substituents is 1. The Labute approximate surface area is 132 Å². The number of nitro groups is 1. The summed E-state index contributed by atoms with van der Waals surface area (Å²) >= 11 is 0. The lowest BCUT2D eigenvalue weighted by molar-refractivity contribution is -0.384. The van der Waals surface area contributed by atoms with E-state index in [-0.39, 0.29) is 18.0 Å². The van der Waals surface area contributed by atoms with Crippen molar-refractivity contribution in [2.45, 2.75) is 0 Å². The SMILES string of the molecule is O=C(CNc1cccc([N+](=O)[O-])c1)c1ccc2c(c1)OCCO2. The largest absolute Gasteiger partial charge is 0.486 e. The number of nitrogens with zero attached hydrogens (tertiary/aromatic N) is 1. The van der Waals surface area contributed by atoms with Crippen LogP contribution < -0.4 is 14.8 Å². The Hall–Kier alpha value is -3.09. The van der Waals surface area contributed by atoms with E-state index in [1.54, 1.807) is 30.3 Å². The number of anilines is 1. The van der Waals surface area contributed by atoms with E-state index in [2.05, 4.69) is 5.32 Å². The van der Waals surface area contributed by atoms with Crippen molar-refractivity contribution in [3.63, 3.8) is 0 Å². The molecule has 3 rings (SSSR count). The molecule has 0 fully saturated rings. The van der Waals surface area contributed by atoms with Gasteiger partial charge in [0.05, 0.1) is 11.5 Å². The number of nitrogens with one attached hydrogen (secondary N) is 1. The van der Waals surface area contributed by atoms with Gasteiger partial charge in [-0.05, 0) is 24.3 Å². The highest BCUT2D eigenvalue weighted by atomic mass is 16.6. The summed E-state index contributed by atoms with van der Waals surface area (Å²) in [7, 11) is 0. The smallest absolute Gasteiger partial charge is 0.271 e. The van der Waals surface area contributed by atoms with Gasteiger partial charge in [0.2, 0.25) is 0 Å². The molecule has 118 valence electrons. The molecule has 0 saturated heterocycles. The third-order valence-corrected chi connectivity index (χ3v) is 3.37. The molecule has 1 N–H and O–H groups in total. The van der Waals surface area contributed by atoms with Crippen LogP contribution in [0.3, 0.4) is 0 Å². The first kappa shape index (κ1) is 14.8. The van der Waals surface area contributed by atoms with Crippen LogP contribution in [0.4, 0.5) is 11.4 Å². The first-order chi connectivity index (χ1) is 11.1. The molecule has 0 spiro atoms. The number of carbonyl (C=O) groups excluding carboxylic acids is 1. The van der Waals surface area contributed by atoms with Crippen molar-refractivity contribution in [2.75, 3.05) is 25.1 Å². The minimum absolute atomic E-state index is 0.0261. The molecule has 0 radical (unpaired) electrons. The predicted octanol–water partition coefficient (Wildman–Crippen LogP) is 2.66. The zero-order valence-electron chi connectivity index (χ0n) is 12.2. The summed E-state index contributed by atoms with van der Waals surface area (Å²) < 4.78 is 10.9. The van der Waals surface area contributed by atoms with E-state index in [9.17, 15) is 14.9 Å². The second kappa shape index (κ2) is 6.35. The van der Waals surface area contributed by atoms with Crippen molar-refractivity contribution >= 4 is 17.2 Å². The van der Waals surface area contributed by atoms with Crippen molar-refractivity contribution < 1.29 is 19.2 Å². The zero-order chi connectivity index (χ0) is 16.2. The van der Waals surface area contributed by atoms with E-state index in [1.807, 2.05) is 0 Å². The zero-order valence-corrected chi connectivity index (χ0v) is 12.2. The fourth-order valence-electron chi connectivity index (χ4n) is 2.23. The van der Waals surface area contributed by atoms with Crippen molar-refractivity contribution in [1.29, 1.82) is 0 Å². The number of fused-ring (bicyclic) bond motifs is 1. The van der Waals surface area contributed by atoms with Crippen LogP contribution in [0, 0.1) is 10.1 Å². The lowest BCUT2D eigenvalue weighted by atomic mass is 10.1. The Kier molecular flexibility index (Phi) is 4.09.